The number of nitrogens with one attached hydrogen (secondary N) is 3. The number of carbonyl (C=O) groups excluding carboxylic acids is 3. The van der Waals surface area contributed by atoms with Crippen LogP contribution in [-0.4, -0.2) is 17.7 Å². The van der Waals surface area contributed by atoms with Crippen molar-refractivity contribution in [2.45, 2.75) is 103 Å². The third-order valence-corrected chi connectivity index (χ3v) is 10.1. The Morgan fingerprint density at radius 2 is 1.04 bits per heavy atom. The molecular formula is C40H44N6O3. The molecule has 49 heavy (non-hydrogen) atoms. The number of hydrogen-bond acceptors (Lipinski definition) is 6. The average Bonchev–Trinajstić information content (AvgIpc) is 3.69. The van der Waals surface area contributed by atoms with Gasteiger partial charge in [-0.1, -0.05) is 71.6 Å². The summed E-state index contributed by atoms with van der Waals surface area (Å²) in [6.45, 7) is 10.2. The average molecular weight is 657 g/mol. The first-order valence-corrected chi connectivity index (χ1v) is 17.1. The second kappa shape index (κ2) is 15.6. The van der Waals surface area contributed by atoms with Gasteiger partial charge in [0.1, 0.15) is 0 Å². The first-order valence-electron chi connectivity index (χ1n) is 17.1. The predicted octanol–water partition coefficient (Wildman–Crippen LogP) is 8.31. The van der Waals surface area contributed by atoms with E-state index in [0.717, 1.165) is 85.1 Å². The summed E-state index contributed by atoms with van der Waals surface area (Å²) in [6, 6.07) is 22.5. The van der Waals surface area contributed by atoms with E-state index in [1.165, 1.54) is 0 Å². The van der Waals surface area contributed by atoms with Crippen LogP contribution in [-0.2, 0) is 25.2 Å². The molecule has 3 aliphatic heterocycles. The number of fused-ring (bicyclic) bond motifs is 3. The van der Waals surface area contributed by atoms with Gasteiger partial charge in [-0.3, -0.25) is 14.4 Å². The van der Waals surface area contributed by atoms with E-state index in [1.54, 1.807) is 30.3 Å². The van der Waals surface area contributed by atoms with Crippen LogP contribution in [0.3, 0.4) is 0 Å². The molecule has 0 aliphatic carbocycles. The minimum Gasteiger partial charge on any atom is -0.325 e. The highest BCUT2D eigenvalue weighted by molar-refractivity contribution is 6.07. The zero-order valence-corrected chi connectivity index (χ0v) is 29.0. The van der Waals surface area contributed by atoms with Crippen LogP contribution >= 0.6 is 0 Å². The monoisotopic (exact) mass is 656 g/mol. The lowest BCUT2D eigenvalue weighted by Crippen LogP contribution is -2.34. The molecule has 3 N–H and O–H groups in total. The maximum Gasteiger partial charge on any atom is 0.235 e. The zero-order chi connectivity index (χ0) is 35.8. The third-order valence-electron chi connectivity index (χ3n) is 10.1. The summed E-state index contributed by atoms with van der Waals surface area (Å²) in [6.07, 6.45) is 7.65. The Labute approximate surface area is 289 Å². The van der Waals surface area contributed by atoms with Crippen molar-refractivity contribution in [1.29, 1.82) is 15.8 Å². The maximum absolute atomic E-state index is 12.6. The summed E-state index contributed by atoms with van der Waals surface area (Å²) in [5.74, 6) is 0.0833. The molecule has 0 fully saturated rings. The van der Waals surface area contributed by atoms with Crippen molar-refractivity contribution in [3.8, 4) is 18.2 Å². The van der Waals surface area contributed by atoms with Crippen LogP contribution in [0, 0.1) is 34.0 Å². The van der Waals surface area contributed by atoms with Crippen LogP contribution in [0.1, 0.15) is 125 Å². The summed E-state index contributed by atoms with van der Waals surface area (Å²) in [5.41, 5.74) is 6.49. The van der Waals surface area contributed by atoms with Gasteiger partial charge in [-0.15, -0.1) is 0 Å². The highest BCUT2D eigenvalue weighted by atomic mass is 16.2. The van der Waals surface area contributed by atoms with Gasteiger partial charge in [0.25, 0.3) is 0 Å². The normalized spacial score (nSPS) is 16.8. The Bertz CT molecular complexity index is 1860. The van der Waals surface area contributed by atoms with E-state index in [1.807, 2.05) is 51.1 Å². The molecule has 0 spiro atoms. The number of nitrogens with zero attached hydrogens (tertiary/aromatic N) is 3. The largest absolute Gasteiger partial charge is 0.325 e. The van der Waals surface area contributed by atoms with Crippen LogP contribution in [0.4, 0.5) is 17.1 Å². The molecule has 3 heterocycles. The second-order valence-corrected chi connectivity index (χ2v) is 12.9. The summed E-state index contributed by atoms with van der Waals surface area (Å²) in [4.78, 5) is 35.8. The van der Waals surface area contributed by atoms with Gasteiger partial charge in [0.15, 0.2) is 0 Å². The topological polar surface area (TPSA) is 159 Å². The summed E-state index contributed by atoms with van der Waals surface area (Å²) < 4.78 is 0. The predicted molar refractivity (Wildman–Crippen MR) is 191 cm³/mol. The van der Waals surface area contributed by atoms with Crippen molar-refractivity contribution in [3.63, 3.8) is 0 Å². The Hall–Kier alpha value is -5.46. The standard InChI is InChI=1S/C17H22N2O.C13H14N2O.C10H8N2O/c1-3-5-9-17(10-6-4-2)14-8-7-13(12-18)11-15(14)19-16(17)20;1-3-13(4-2)10-6-5-9(8-14)7-11(10)15-12(13)16;1-6-8-3-2-7(5-11)4-9(8)12-10(6)13/h7-8,11H,3-6,9-10H2,1-2H3,(H,19,20);5-7H,3-4H2,1-2H3,(H,15,16);2-4,6H,1H3,(H,12,13). The van der Waals surface area contributed by atoms with E-state index in [0.29, 0.717) is 16.7 Å². The Morgan fingerprint density at radius 3 is 1.49 bits per heavy atom. The number of hydrogen-bond donors (Lipinski definition) is 3. The summed E-state index contributed by atoms with van der Waals surface area (Å²) in [5, 5.41) is 35.0. The van der Waals surface area contributed by atoms with E-state index in [2.05, 4.69) is 41.9 Å². The fraction of sp³-hybridized carbons (Fsp3) is 0.400. The van der Waals surface area contributed by atoms with Gasteiger partial charge in [0, 0.05) is 17.1 Å². The van der Waals surface area contributed by atoms with E-state index < -0.39 is 5.41 Å². The van der Waals surface area contributed by atoms with E-state index in [9.17, 15) is 14.4 Å². The van der Waals surface area contributed by atoms with Crippen molar-refractivity contribution in [3.05, 3.63) is 88.0 Å². The number of anilines is 3. The van der Waals surface area contributed by atoms with Gasteiger partial charge in [-0.2, -0.15) is 15.8 Å². The van der Waals surface area contributed by atoms with E-state index in [4.69, 9.17) is 15.8 Å². The number of rotatable bonds is 8. The highest BCUT2D eigenvalue weighted by Crippen LogP contribution is 2.45. The van der Waals surface area contributed by atoms with E-state index >= 15 is 0 Å². The smallest absolute Gasteiger partial charge is 0.235 e. The van der Waals surface area contributed by atoms with Crippen molar-refractivity contribution < 1.29 is 14.4 Å². The molecule has 1 atom stereocenters. The number of benzene rings is 3. The van der Waals surface area contributed by atoms with Crippen molar-refractivity contribution in [2.75, 3.05) is 16.0 Å². The third kappa shape index (κ3) is 7.06. The molecule has 6 rings (SSSR count). The molecule has 0 saturated heterocycles. The first-order chi connectivity index (χ1) is 23.6. The lowest BCUT2D eigenvalue weighted by atomic mass is 9.73. The fourth-order valence-electron chi connectivity index (χ4n) is 7.02. The quantitative estimate of drug-likeness (QED) is 0.221. The number of carbonyl (C=O) groups is 3. The molecule has 9 nitrogen and oxygen atoms in total. The molecule has 3 amide bonds. The minimum absolute atomic E-state index is 0.00471. The zero-order valence-electron chi connectivity index (χ0n) is 29.0. The van der Waals surface area contributed by atoms with Gasteiger partial charge in [0.05, 0.1) is 51.6 Å². The van der Waals surface area contributed by atoms with Gasteiger partial charge in [-0.05, 0) is 85.7 Å². The van der Waals surface area contributed by atoms with Gasteiger partial charge in [-0.25, -0.2) is 0 Å². The Balaban J connectivity index is 0.000000169. The van der Waals surface area contributed by atoms with Crippen LogP contribution in [0.5, 0.6) is 0 Å². The molecule has 1 unspecified atom stereocenters. The number of nitriles is 3. The number of amides is 3. The lowest BCUT2D eigenvalue weighted by molar-refractivity contribution is -0.122. The molecule has 9 heteroatoms. The van der Waals surface area contributed by atoms with Gasteiger partial charge < -0.3 is 16.0 Å². The van der Waals surface area contributed by atoms with Crippen LogP contribution in [0.25, 0.3) is 0 Å². The van der Waals surface area contributed by atoms with Crippen LogP contribution in [0.2, 0.25) is 0 Å². The van der Waals surface area contributed by atoms with E-state index in [-0.39, 0.29) is 29.1 Å². The fourth-order valence-corrected chi connectivity index (χ4v) is 7.02. The second-order valence-electron chi connectivity index (χ2n) is 12.9. The lowest BCUT2D eigenvalue weighted by Gasteiger charge is -2.27. The van der Waals surface area contributed by atoms with Crippen LogP contribution in [0.15, 0.2) is 54.6 Å². The highest BCUT2D eigenvalue weighted by Gasteiger charge is 2.46. The van der Waals surface area contributed by atoms with Gasteiger partial charge in [0.2, 0.25) is 17.7 Å². The van der Waals surface area contributed by atoms with Crippen molar-refractivity contribution >= 4 is 34.8 Å². The molecule has 0 aromatic heterocycles. The van der Waals surface area contributed by atoms with Crippen molar-refractivity contribution in [1.82, 2.24) is 0 Å². The molecule has 3 aliphatic rings. The molecule has 0 saturated carbocycles. The van der Waals surface area contributed by atoms with Crippen LogP contribution < -0.4 is 16.0 Å². The Kier molecular flexibility index (Phi) is 11.6. The molecule has 252 valence electrons. The minimum atomic E-state index is -0.399. The molecular weight excluding hydrogens is 612 g/mol. The SMILES string of the molecule is CC1C(=O)Nc2cc(C#N)ccc21.CCC1(CC)C(=O)Nc2cc(C#N)ccc21.CCCCC1(CCCC)C(=O)Nc2cc(C#N)ccc21. The first kappa shape index (κ1) is 36.4. The molecule has 3 aromatic rings. The Morgan fingerprint density at radius 1 is 0.612 bits per heavy atom. The van der Waals surface area contributed by atoms with Crippen molar-refractivity contribution in [2.24, 2.45) is 0 Å². The maximum atomic E-state index is 12.6. The summed E-state index contributed by atoms with van der Waals surface area (Å²) >= 11 is 0. The molecule has 3 aromatic carbocycles. The summed E-state index contributed by atoms with van der Waals surface area (Å²) in [7, 11) is 0. The molecule has 0 bridgehead atoms. The van der Waals surface area contributed by atoms with Gasteiger partial charge >= 0.3 is 0 Å². The number of unbranched alkanes of at least 4 members (excludes halogenated alkanes) is 2. The molecule has 0 radical (unpaired) electrons.